The number of phosphoric ester groups is 1. The third kappa shape index (κ3) is 38.7. The molecule has 1 amide bonds. The monoisotopic (exact) mass is 782 g/mol. The number of rotatable bonds is 39. The quantitative estimate of drug-likeness (QED) is 0.0248. The molecular weight excluding hydrogens is 695 g/mol. The van der Waals surface area contributed by atoms with Gasteiger partial charge in [0.2, 0.25) is 5.91 Å². The Kier molecular flexibility index (Phi) is 36.0. The molecule has 0 aliphatic heterocycles. The zero-order chi connectivity index (χ0) is 40.0. The van der Waals surface area contributed by atoms with Gasteiger partial charge in [0.1, 0.15) is 13.2 Å². The fourth-order valence-electron chi connectivity index (χ4n) is 5.99. The summed E-state index contributed by atoms with van der Waals surface area (Å²) in [5.74, 6) is -0.193. The standard InChI is InChI=1S/C45H85N2O6P/c1-6-8-10-12-14-16-18-19-20-21-22-23-24-25-26-27-29-31-33-35-37-39-45(49)46-43(42-53-54(50,51)52-41-40-47(3,4)5)44(48)38-36-34-32-30-28-17-15-13-11-9-7-2/h18-19,21-22,24-25,36,38,43-44,48H,6-17,20,23,26-35,37,39-42H2,1-5H3,(H-,46,49,50,51)/p+1/b19-18-,22-21-,25-24-,38-36+. The van der Waals surface area contributed by atoms with Crippen LogP contribution in [0.3, 0.4) is 0 Å². The SMILES string of the molecule is CCCCCCC/C=C\C/C=C\C/C=C\CCCCCCCCC(=O)NC(COP(=O)(O)OCC[N+](C)(C)C)C(O)/C=C/CCCCCCCCCCC. The molecule has 0 aromatic heterocycles. The van der Waals surface area contributed by atoms with E-state index in [0.29, 0.717) is 17.4 Å². The largest absolute Gasteiger partial charge is 0.472 e. The van der Waals surface area contributed by atoms with Crippen molar-refractivity contribution in [3.8, 4) is 0 Å². The molecule has 3 unspecified atom stereocenters. The molecule has 0 heterocycles. The molecule has 0 bridgehead atoms. The lowest BCUT2D eigenvalue weighted by Crippen LogP contribution is -2.45. The lowest BCUT2D eigenvalue weighted by atomic mass is 10.1. The van der Waals surface area contributed by atoms with Crippen molar-refractivity contribution in [2.24, 2.45) is 0 Å². The number of quaternary nitrogens is 1. The lowest BCUT2D eigenvalue weighted by Gasteiger charge is -2.25. The van der Waals surface area contributed by atoms with E-state index >= 15 is 0 Å². The number of unbranched alkanes of at least 4 members (excludes halogenated alkanes) is 20. The fraction of sp³-hybridized carbons (Fsp3) is 0.800. The fourth-order valence-corrected chi connectivity index (χ4v) is 6.72. The molecule has 0 aliphatic carbocycles. The Morgan fingerprint density at radius 1 is 0.630 bits per heavy atom. The first-order valence-corrected chi connectivity index (χ1v) is 23.5. The second kappa shape index (κ2) is 37.1. The molecule has 0 saturated carbocycles. The summed E-state index contributed by atoms with van der Waals surface area (Å²) >= 11 is 0. The Morgan fingerprint density at radius 3 is 1.54 bits per heavy atom. The van der Waals surface area contributed by atoms with Gasteiger partial charge in [-0.1, -0.05) is 165 Å². The van der Waals surface area contributed by atoms with Crippen molar-refractivity contribution >= 4 is 13.7 Å². The van der Waals surface area contributed by atoms with Gasteiger partial charge in [0, 0.05) is 6.42 Å². The van der Waals surface area contributed by atoms with Crippen molar-refractivity contribution < 1.29 is 32.9 Å². The van der Waals surface area contributed by atoms with Gasteiger partial charge < -0.3 is 19.8 Å². The number of phosphoric acid groups is 1. The average molecular weight is 782 g/mol. The predicted molar refractivity (Wildman–Crippen MR) is 231 cm³/mol. The summed E-state index contributed by atoms with van der Waals surface area (Å²) in [5, 5.41) is 13.8. The highest BCUT2D eigenvalue weighted by atomic mass is 31.2. The number of likely N-dealkylation sites (N-methyl/N-ethyl adjacent to an activating group) is 1. The maximum atomic E-state index is 12.8. The summed E-state index contributed by atoms with van der Waals surface area (Å²) in [5.41, 5.74) is 0. The second-order valence-corrected chi connectivity index (χ2v) is 17.5. The van der Waals surface area contributed by atoms with E-state index < -0.39 is 20.0 Å². The number of carbonyl (C=O) groups is 1. The highest BCUT2D eigenvalue weighted by Crippen LogP contribution is 2.43. The molecule has 0 aromatic rings. The van der Waals surface area contributed by atoms with Crippen molar-refractivity contribution in [2.75, 3.05) is 40.9 Å². The van der Waals surface area contributed by atoms with Crippen LogP contribution in [-0.4, -0.2) is 73.4 Å². The van der Waals surface area contributed by atoms with E-state index in [2.05, 4.69) is 55.6 Å². The van der Waals surface area contributed by atoms with Gasteiger partial charge in [-0.2, -0.15) is 0 Å². The highest BCUT2D eigenvalue weighted by molar-refractivity contribution is 7.47. The molecular formula is C45H86N2O6P+. The van der Waals surface area contributed by atoms with Gasteiger partial charge in [-0.25, -0.2) is 4.57 Å². The first kappa shape index (κ1) is 52.5. The van der Waals surface area contributed by atoms with E-state index in [0.717, 1.165) is 64.2 Å². The topological polar surface area (TPSA) is 105 Å². The van der Waals surface area contributed by atoms with Gasteiger partial charge in [-0.05, 0) is 57.8 Å². The molecule has 9 heteroatoms. The smallest absolute Gasteiger partial charge is 0.387 e. The molecule has 316 valence electrons. The van der Waals surface area contributed by atoms with E-state index in [-0.39, 0.29) is 19.1 Å². The zero-order valence-electron chi connectivity index (χ0n) is 35.7. The van der Waals surface area contributed by atoms with Crippen LogP contribution in [0.4, 0.5) is 0 Å². The lowest BCUT2D eigenvalue weighted by molar-refractivity contribution is -0.870. The van der Waals surface area contributed by atoms with Gasteiger partial charge in [0.25, 0.3) is 0 Å². The van der Waals surface area contributed by atoms with Crippen molar-refractivity contribution in [1.82, 2.24) is 5.32 Å². The Morgan fingerprint density at radius 2 is 1.06 bits per heavy atom. The van der Waals surface area contributed by atoms with Crippen LogP contribution in [0.25, 0.3) is 0 Å². The molecule has 3 atom stereocenters. The van der Waals surface area contributed by atoms with Crippen LogP contribution in [0.2, 0.25) is 0 Å². The maximum Gasteiger partial charge on any atom is 0.472 e. The van der Waals surface area contributed by atoms with Crippen LogP contribution in [-0.2, 0) is 18.4 Å². The van der Waals surface area contributed by atoms with Crippen LogP contribution in [0.5, 0.6) is 0 Å². The Bertz CT molecular complexity index is 1020. The summed E-state index contributed by atoms with van der Waals surface area (Å²) in [6, 6.07) is -0.852. The molecule has 54 heavy (non-hydrogen) atoms. The predicted octanol–water partition coefficient (Wildman–Crippen LogP) is 12.1. The number of nitrogens with zero attached hydrogens (tertiary/aromatic N) is 1. The third-order valence-electron chi connectivity index (χ3n) is 9.54. The van der Waals surface area contributed by atoms with Gasteiger partial charge in [0.15, 0.2) is 0 Å². The first-order valence-electron chi connectivity index (χ1n) is 22.0. The minimum absolute atomic E-state index is 0.0570. The van der Waals surface area contributed by atoms with Gasteiger partial charge in [-0.15, -0.1) is 0 Å². The minimum Gasteiger partial charge on any atom is -0.387 e. The van der Waals surface area contributed by atoms with Gasteiger partial charge in [0.05, 0.1) is 39.9 Å². The van der Waals surface area contributed by atoms with Crippen LogP contribution in [0, 0.1) is 0 Å². The normalized spacial score (nSPS) is 14.9. The van der Waals surface area contributed by atoms with Crippen molar-refractivity contribution in [3.63, 3.8) is 0 Å². The molecule has 3 N–H and O–H groups in total. The van der Waals surface area contributed by atoms with Crippen LogP contribution in [0.15, 0.2) is 48.6 Å². The number of aliphatic hydroxyl groups excluding tert-OH is 1. The van der Waals surface area contributed by atoms with E-state index in [1.165, 1.54) is 96.3 Å². The van der Waals surface area contributed by atoms with E-state index in [4.69, 9.17) is 9.05 Å². The van der Waals surface area contributed by atoms with E-state index in [1.807, 2.05) is 27.2 Å². The van der Waals surface area contributed by atoms with Crippen molar-refractivity contribution in [2.45, 2.75) is 193 Å². The highest BCUT2D eigenvalue weighted by Gasteiger charge is 2.27. The van der Waals surface area contributed by atoms with E-state index in [9.17, 15) is 19.4 Å². The number of hydrogen-bond acceptors (Lipinski definition) is 5. The Hall–Kier alpha value is -1.54. The first-order chi connectivity index (χ1) is 26.0. The molecule has 8 nitrogen and oxygen atoms in total. The number of carbonyl (C=O) groups excluding carboxylic acids is 1. The number of allylic oxidation sites excluding steroid dienone is 7. The average Bonchev–Trinajstić information content (AvgIpc) is 3.12. The molecule has 0 spiro atoms. The van der Waals surface area contributed by atoms with Gasteiger partial charge >= 0.3 is 7.82 Å². The molecule has 0 aliphatic rings. The summed E-state index contributed by atoms with van der Waals surface area (Å²) in [6.45, 7) is 4.76. The zero-order valence-corrected chi connectivity index (χ0v) is 36.6. The molecule has 0 radical (unpaired) electrons. The third-order valence-corrected chi connectivity index (χ3v) is 10.5. The summed E-state index contributed by atoms with van der Waals surface area (Å²) < 4.78 is 23.5. The number of aliphatic hydroxyl groups is 1. The molecule has 0 fully saturated rings. The number of nitrogens with one attached hydrogen (secondary N) is 1. The number of hydrogen-bond donors (Lipinski definition) is 3. The Labute approximate surface area is 333 Å². The van der Waals surface area contributed by atoms with Crippen molar-refractivity contribution in [1.29, 1.82) is 0 Å². The Balaban J connectivity index is 4.39. The summed E-state index contributed by atoms with van der Waals surface area (Å²) in [7, 11) is 1.55. The maximum absolute atomic E-state index is 12.8. The van der Waals surface area contributed by atoms with E-state index in [1.54, 1.807) is 6.08 Å². The van der Waals surface area contributed by atoms with Crippen molar-refractivity contribution in [3.05, 3.63) is 48.6 Å². The number of amides is 1. The molecule has 0 rings (SSSR count). The summed E-state index contributed by atoms with van der Waals surface area (Å²) in [4.78, 5) is 23.1. The minimum atomic E-state index is -4.34. The molecule has 0 aromatic carbocycles. The van der Waals surface area contributed by atoms with Gasteiger partial charge in [-0.3, -0.25) is 13.8 Å². The second-order valence-electron chi connectivity index (χ2n) is 16.1. The summed E-state index contributed by atoms with van der Waals surface area (Å²) in [6.07, 6.45) is 46.0. The van der Waals surface area contributed by atoms with Crippen LogP contribution in [0.1, 0.15) is 181 Å². The van der Waals surface area contributed by atoms with Crippen LogP contribution >= 0.6 is 7.82 Å². The molecule has 0 saturated heterocycles. The van der Waals surface area contributed by atoms with Crippen LogP contribution < -0.4 is 5.32 Å².